The number of nitrogens with zero attached hydrogens (tertiary/aromatic N) is 1. The molecule has 1 aliphatic heterocycles. The van der Waals surface area contributed by atoms with Crippen LogP contribution in [0.5, 0.6) is 0 Å². The molecule has 0 saturated heterocycles. The van der Waals surface area contributed by atoms with Gasteiger partial charge in [0.05, 0.1) is 11.6 Å². The van der Waals surface area contributed by atoms with Crippen LogP contribution in [0.15, 0.2) is 41.3 Å². The van der Waals surface area contributed by atoms with E-state index in [1.807, 2.05) is 31.2 Å². The van der Waals surface area contributed by atoms with Gasteiger partial charge in [0.25, 0.3) is 5.56 Å². The summed E-state index contributed by atoms with van der Waals surface area (Å²) in [7, 11) is 0. The standard InChI is InChI=1S/C23H21N3O4/c1-11-15(13-4-5-14-8-18(24)21(27)25-19(14)9-13)6-7-26-20(11)16(12-2-3-12)10-17(22(26)28)23(29)30/h4-7,9-10,12,18H,2-3,8,24H2,1H3,(H,25,27)(H,29,30). The number of aromatic carboxylic acids is 1. The molecule has 7 heteroatoms. The van der Waals surface area contributed by atoms with Crippen molar-refractivity contribution in [3.8, 4) is 11.1 Å². The third-order valence-corrected chi connectivity index (χ3v) is 6.12. The highest BCUT2D eigenvalue weighted by atomic mass is 16.4. The van der Waals surface area contributed by atoms with E-state index in [9.17, 15) is 19.5 Å². The molecule has 2 aliphatic rings. The van der Waals surface area contributed by atoms with Gasteiger partial charge in [0.15, 0.2) is 0 Å². The summed E-state index contributed by atoms with van der Waals surface area (Å²) >= 11 is 0. The summed E-state index contributed by atoms with van der Waals surface area (Å²) in [5, 5.41) is 12.3. The van der Waals surface area contributed by atoms with Crippen molar-refractivity contribution < 1.29 is 14.7 Å². The average Bonchev–Trinajstić information content (AvgIpc) is 3.54. The summed E-state index contributed by atoms with van der Waals surface area (Å²) < 4.78 is 1.45. The van der Waals surface area contributed by atoms with Gasteiger partial charge in [-0.1, -0.05) is 12.1 Å². The minimum absolute atomic E-state index is 0.196. The van der Waals surface area contributed by atoms with Gasteiger partial charge >= 0.3 is 5.97 Å². The van der Waals surface area contributed by atoms with Gasteiger partial charge in [-0.05, 0) is 78.1 Å². The second-order valence-corrected chi connectivity index (χ2v) is 8.14. The van der Waals surface area contributed by atoms with Crippen molar-refractivity contribution in [3.63, 3.8) is 0 Å². The van der Waals surface area contributed by atoms with E-state index >= 15 is 0 Å². The Hall–Kier alpha value is -3.45. The monoisotopic (exact) mass is 403 g/mol. The first-order valence-corrected chi connectivity index (χ1v) is 9.97. The molecule has 1 fully saturated rings. The number of benzene rings is 1. The number of rotatable bonds is 3. The zero-order valence-corrected chi connectivity index (χ0v) is 16.4. The summed E-state index contributed by atoms with van der Waals surface area (Å²) in [4.78, 5) is 36.3. The van der Waals surface area contributed by atoms with Crippen LogP contribution in [0.25, 0.3) is 16.6 Å². The van der Waals surface area contributed by atoms with Crippen LogP contribution in [-0.2, 0) is 11.2 Å². The number of hydrogen-bond donors (Lipinski definition) is 3. The molecule has 3 aromatic rings. The second-order valence-electron chi connectivity index (χ2n) is 8.14. The van der Waals surface area contributed by atoms with Gasteiger partial charge in [-0.15, -0.1) is 0 Å². The molecule has 1 saturated carbocycles. The van der Waals surface area contributed by atoms with Crippen molar-refractivity contribution in [1.29, 1.82) is 0 Å². The van der Waals surface area contributed by atoms with Gasteiger partial charge in [0.2, 0.25) is 5.91 Å². The number of carboxylic acid groups (broad SMARTS) is 1. The Labute approximate surface area is 172 Å². The molecule has 0 bridgehead atoms. The highest BCUT2D eigenvalue weighted by Crippen LogP contribution is 2.43. The first kappa shape index (κ1) is 18.6. The van der Waals surface area contributed by atoms with E-state index < -0.39 is 17.6 Å². The van der Waals surface area contributed by atoms with Crippen LogP contribution < -0.4 is 16.6 Å². The molecule has 1 aromatic carbocycles. The summed E-state index contributed by atoms with van der Waals surface area (Å²) in [5.41, 5.74) is 11.3. The molecular formula is C23H21N3O4. The third kappa shape index (κ3) is 2.81. The van der Waals surface area contributed by atoms with Gasteiger partial charge in [-0.2, -0.15) is 0 Å². The summed E-state index contributed by atoms with van der Waals surface area (Å²) in [6, 6.07) is 8.71. The molecule has 1 amide bonds. The van der Waals surface area contributed by atoms with E-state index in [0.29, 0.717) is 6.42 Å². The number of aromatic nitrogens is 1. The summed E-state index contributed by atoms with van der Waals surface area (Å²) in [6.07, 6.45) is 4.12. The number of pyridine rings is 2. The van der Waals surface area contributed by atoms with Crippen LogP contribution in [0, 0.1) is 6.92 Å². The minimum Gasteiger partial charge on any atom is -0.477 e. The zero-order chi connectivity index (χ0) is 21.2. The van der Waals surface area contributed by atoms with Crippen molar-refractivity contribution >= 4 is 23.1 Å². The van der Waals surface area contributed by atoms with Crippen LogP contribution in [0.4, 0.5) is 5.69 Å². The van der Waals surface area contributed by atoms with E-state index in [0.717, 1.165) is 51.9 Å². The van der Waals surface area contributed by atoms with Crippen LogP contribution >= 0.6 is 0 Å². The number of carbonyl (C=O) groups excluding carboxylic acids is 1. The quantitative estimate of drug-likeness (QED) is 0.622. The van der Waals surface area contributed by atoms with Gasteiger partial charge in [0, 0.05) is 11.9 Å². The fourth-order valence-corrected chi connectivity index (χ4v) is 4.36. The normalized spacial score (nSPS) is 18.2. The van der Waals surface area contributed by atoms with E-state index in [1.165, 1.54) is 4.40 Å². The number of anilines is 1. The minimum atomic E-state index is -1.21. The molecular weight excluding hydrogens is 382 g/mol. The molecule has 30 heavy (non-hydrogen) atoms. The maximum absolute atomic E-state index is 12.7. The molecule has 2 aromatic heterocycles. The average molecular weight is 403 g/mol. The van der Waals surface area contributed by atoms with Crippen LogP contribution in [0.3, 0.4) is 0 Å². The lowest BCUT2D eigenvalue weighted by molar-refractivity contribution is -0.117. The largest absolute Gasteiger partial charge is 0.477 e. The van der Waals surface area contributed by atoms with Crippen molar-refractivity contribution in [1.82, 2.24) is 4.40 Å². The maximum atomic E-state index is 12.7. The molecule has 0 radical (unpaired) electrons. The number of amides is 1. The number of aryl methyl sites for hydroxylation is 1. The lowest BCUT2D eigenvalue weighted by Crippen LogP contribution is -2.41. The van der Waals surface area contributed by atoms with E-state index in [-0.39, 0.29) is 17.4 Å². The van der Waals surface area contributed by atoms with Crippen molar-refractivity contribution in [3.05, 3.63) is 69.1 Å². The Morgan fingerprint density at radius 2 is 1.97 bits per heavy atom. The number of nitrogens with two attached hydrogens (primary N) is 1. The SMILES string of the molecule is Cc1c(-c2ccc3c(c2)NC(=O)C(N)C3)ccn2c(=O)c(C(=O)O)cc(C3CC3)c12. The smallest absolute Gasteiger partial charge is 0.341 e. The lowest BCUT2D eigenvalue weighted by Gasteiger charge is -2.23. The van der Waals surface area contributed by atoms with Gasteiger partial charge < -0.3 is 16.2 Å². The van der Waals surface area contributed by atoms with Gasteiger partial charge in [-0.25, -0.2) is 4.79 Å². The molecule has 7 nitrogen and oxygen atoms in total. The van der Waals surface area contributed by atoms with Gasteiger partial charge in [-0.3, -0.25) is 14.0 Å². The zero-order valence-electron chi connectivity index (χ0n) is 16.4. The first-order chi connectivity index (χ1) is 14.3. The fraction of sp³-hybridized carbons (Fsp3) is 0.261. The Morgan fingerprint density at radius 3 is 2.67 bits per heavy atom. The Kier molecular flexibility index (Phi) is 4.04. The van der Waals surface area contributed by atoms with Crippen molar-refractivity contribution in [2.75, 3.05) is 5.32 Å². The third-order valence-electron chi connectivity index (χ3n) is 6.12. The fourth-order valence-electron chi connectivity index (χ4n) is 4.36. The number of carbonyl (C=O) groups is 2. The number of carboxylic acids is 1. The number of fused-ring (bicyclic) bond motifs is 2. The molecule has 152 valence electrons. The van der Waals surface area contributed by atoms with Crippen LogP contribution in [-0.4, -0.2) is 27.4 Å². The molecule has 1 unspecified atom stereocenters. The van der Waals surface area contributed by atoms with Gasteiger partial charge in [0.1, 0.15) is 5.56 Å². The second kappa shape index (κ2) is 6.53. The molecule has 0 spiro atoms. The first-order valence-electron chi connectivity index (χ1n) is 9.97. The molecule has 5 rings (SSSR count). The van der Waals surface area contributed by atoms with Crippen molar-refractivity contribution in [2.45, 2.75) is 38.1 Å². The Morgan fingerprint density at radius 1 is 1.20 bits per heavy atom. The van der Waals surface area contributed by atoms with Crippen LogP contribution in [0.2, 0.25) is 0 Å². The maximum Gasteiger partial charge on any atom is 0.341 e. The predicted octanol–water partition coefficient (Wildman–Crippen LogP) is 2.67. The highest BCUT2D eigenvalue weighted by Gasteiger charge is 2.29. The van der Waals surface area contributed by atoms with E-state index in [2.05, 4.69) is 5.32 Å². The van der Waals surface area contributed by atoms with E-state index in [4.69, 9.17) is 5.73 Å². The highest BCUT2D eigenvalue weighted by molar-refractivity contribution is 5.98. The molecule has 3 heterocycles. The number of nitrogens with one attached hydrogen (secondary N) is 1. The van der Waals surface area contributed by atoms with Crippen LogP contribution in [0.1, 0.15) is 45.8 Å². The van der Waals surface area contributed by atoms with Crippen molar-refractivity contribution in [2.24, 2.45) is 5.73 Å². The Bertz CT molecular complexity index is 1300. The lowest BCUT2D eigenvalue weighted by atomic mass is 9.93. The summed E-state index contributed by atoms with van der Waals surface area (Å²) in [5.74, 6) is -1.13. The topological polar surface area (TPSA) is 114 Å². The van der Waals surface area contributed by atoms with E-state index in [1.54, 1.807) is 12.3 Å². The predicted molar refractivity (Wildman–Crippen MR) is 113 cm³/mol. The number of hydrogen-bond acceptors (Lipinski definition) is 4. The molecule has 1 atom stereocenters. The molecule has 4 N–H and O–H groups in total. The molecule has 1 aliphatic carbocycles. The Balaban J connectivity index is 1.71. The summed E-state index contributed by atoms with van der Waals surface area (Å²) in [6.45, 7) is 1.95.